The first-order valence-corrected chi connectivity index (χ1v) is 6.54. The van der Waals surface area contributed by atoms with E-state index >= 15 is 0 Å². The molecule has 1 unspecified atom stereocenters. The van der Waals surface area contributed by atoms with Gasteiger partial charge in [-0.3, -0.25) is 0 Å². The van der Waals surface area contributed by atoms with Crippen LogP contribution in [0.5, 0.6) is 5.75 Å². The lowest BCUT2D eigenvalue weighted by Crippen LogP contribution is -2.15. The Morgan fingerprint density at radius 1 is 1.05 bits per heavy atom. The standard InChI is InChI=1S/C16H17F2NO2/c1-20-8-9-21-15-5-3-2-4-12(15)16(19)11-6-7-13(17)14(18)10-11/h2-7,10,16H,8-9,19H2,1H3. The van der Waals surface area contributed by atoms with E-state index in [1.807, 2.05) is 12.1 Å². The molecule has 0 fully saturated rings. The van der Waals surface area contributed by atoms with Crippen LogP contribution in [0.4, 0.5) is 8.78 Å². The molecule has 0 radical (unpaired) electrons. The zero-order chi connectivity index (χ0) is 15.2. The van der Waals surface area contributed by atoms with Gasteiger partial charge in [0.1, 0.15) is 12.4 Å². The molecule has 3 nitrogen and oxygen atoms in total. The van der Waals surface area contributed by atoms with Gasteiger partial charge in [0.15, 0.2) is 11.6 Å². The van der Waals surface area contributed by atoms with Gasteiger partial charge in [-0.05, 0) is 23.8 Å². The van der Waals surface area contributed by atoms with Crippen molar-refractivity contribution in [3.63, 3.8) is 0 Å². The highest BCUT2D eigenvalue weighted by Gasteiger charge is 2.15. The maximum Gasteiger partial charge on any atom is 0.159 e. The van der Waals surface area contributed by atoms with Crippen LogP contribution >= 0.6 is 0 Å². The van der Waals surface area contributed by atoms with E-state index in [9.17, 15) is 8.78 Å². The average Bonchev–Trinajstić information content (AvgIpc) is 2.50. The highest BCUT2D eigenvalue weighted by atomic mass is 19.2. The predicted molar refractivity (Wildman–Crippen MR) is 76.2 cm³/mol. The maximum absolute atomic E-state index is 13.3. The lowest BCUT2D eigenvalue weighted by Gasteiger charge is -2.17. The minimum Gasteiger partial charge on any atom is -0.491 e. The SMILES string of the molecule is COCCOc1ccccc1C(N)c1ccc(F)c(F)c1. The van der Waals surface area contributed by atoms with Crippen molar-refractivity contribution in [3.05, 3.63) is 65.2 Å². The fourth-order valence-electron chi connectivity index (χ4n) is 1.99. The van der Waals surface area contributed by atoms with Gasteiger partial charge < -0.3 is 15.2 Å². The first-order chi connectivity index (χ1) is 10.1. The Bertz CT molecular complexity index is 605. The Labute approximate surface area is 122 Å². The average molecular weight is 293 g/mol. The zero-order valence-electron chi connectivity index (χ0n) is 11.7. The van der Waals surface area contributed by atoms with Crippen LogP contribution in [-0.2, 0) is 4.74 Å². The molecular formula is C16H17F2NO2. The summed E-state index contributed by atoms with van der Waals surface area (Å²) in [5.41, 5.74) is 7.33. The molecule has 21 heavy (non-hydrogen) atoms. The lowest BCUT2D eigenvalue weighted by atomic mass is 9.98. The van der Waals surface area contributed by atoms with Gasteiger partial charge in [-0.25, -0.2) is 8.78 Å². The third-order valence-electron chi connectivity index (χ3n) is 3.10. The molecule has 0 saturated carbocycles. The van der Waals surface area contributed by atoms with E-state index in [2.05, 4.69) is 0 Å². The van der Waals surface area contributed by atoms with Crippen LogP contribution in [0.15, 0.2) is 42.5 Å². The van der Waals surface area contributed by atoms with Crippen LogP contribution < -0.4 is 10.5 Å². The molecule has 0 amide bonds. The number of benzene rings is 2. The fourth-order valence-corrected chi connectivity index (χ4v) is 1.99. The molecular weight excluding hydrogens is 276 g/mol. The third kappa shape index (κ3) is 3.77. The molecule has 1 atom stereocenters. The van der Waals surface area contributed by atoms with Gasteiger partial charge in [-0.1, -0.05) is 24.3 Å². The molecule has 0 aliphatic heterocycles. The number of hydrogen-bond donors (Lipinski definition) is 1. The first kappa shape index (κ1) is 15.4. The second-order valence-electron chi connectivity index (χ2n) is 4.53. The van der Waals surface area contributed by atoms with Crippen molar-refractivity contribution in [2.75, 3.05) is 20.3 Å². The molecule has 2 N–H and O–H groups in total. The van der Waals surface area contributed by atoms with Crippen LogP contribution in [0.1, 0.15) is 17.2 Å². The highest BCUT2D eigenvalue weighted by molar-refractivity contribution is 5.41. The smallest absolute Gasteiger partial charge is 0.159 e. The Kier molecular flexibility index (Phi) is 5.25. The normalized spacial score (nSPS) is 12.2. The molecule has 2 aromatic rings. The van der Waals surface area contributed by atoms with Crippen molar-refractivity contribution in [3.8, 4) is 5.75 Å². The predicted octanol–water partition coefficient (Wildman–Crippen LogP) is 3.04. The summed E-state index contributed by atoms with van der Waals surface area (Å²) in [6.07, 6.45) is 0. The summed E-state index contributed by atoms with van der Waals surface area (Å²) in [5, 5.41) is 0. The first-order valence-electron chi connectivity index (χ1n) is 6.54. The largest absolute Gasteiger partial charge is 0.491 e. The molecule has 0 aromatic heterocycles. The van der Waals surface area contributed by atoms with Crippen molar-refractivity contribution in [2.45, 2.75) is 6.04 Å². The minimum atomic E-state index is -0.916. The number of halogens is 2. The second-order valence-corrected chi connectivity index (χ2v) is 4.53. The van der Waals surface area contributed by atoms with Gasteiger partial charge in [0.05, 0.1) is 12.6 Å². The molecule has 2 rings (SSSR count). The number of ether oxygens (including phenoxy) is 2. The molecule has 0 aliphatic carbocycles. The number of hydrogen-bond acceptors (Lipinski definition) is 3. The van der Waals surface area contributed by atoms with E-state index < -0.39 is 17.7 Å². The maximum atomic E-state index is 13.3. The number of para-hydroxylation sites is 1. The number of methoxy groups -OCH3 is 1. The highest BCUT2D eigenvalue weighted by Crippen LogP contribution is 2.28. The van der Waals surface area contributed by atoms with Gasteiger partial charge >= 0.3 is 0 Å². The van der Waals surface area contributed by atoms with Gasteiger partial charge in [0.25, 0.3) is 0 Å². The lowest BCUT2D eigenvalue weighted by molar-refractivity contribution is 0.145. The molecule has 2 aromatic carbocycles. The summed E-state index contributed by atoms with van der Waals surface area (Å²) in [6, 6.07) is 10.3. The molecule has 0 spiro atoms. The van der Waals surface area contributed by atoms with Crippen LogP contribution in [0.3, 0.4) is 0 Å². The van der Waals surface area contributed by atoms with Gasteiger partial charge in [-0.2, -0.15) is 0 Å². The fraction of sp³-hybridized carbons (Fsp3) is 0.250. The van der Waals surface area contributed by atoms with E-state index in [0.717, 1.165) is 12.1 Å². The van der Waals surface area contributed by atoms with E-state index in [-0.39, 0.29) is 0 Å². The van der Waals surface area contributed by atoms with Crippen molar-refractivity contribution in [2.24, 2.45) is 5.73 Å². The van der Waals surface area contributed by atoms with E-state index in [4.69, 9.17) is 15.2 Å². The summed E-state index contributed by atoms with van der Waals surface area (Å²) in [5.74, 6) is -1.21. The van der Waals surface area contributed by atoms with E-state index in [1.54, 1.807) is 19.2 Å². The summed E-state index contributed by atoms with van der Waals surface area (Å²) in [6.45, 7) is 0.840. The van der Waals surface area contributed by atoms with Crippen molar-refractivity contribution < 1.29 is 18.3 Å². The van der Waals surface area contributed by atoms with Crippen LogP contribution in [0, 0.1) is 11.6 Å². The summed E-state index contributed by atoms with van der Waals surface area (Å²) >= 11 is 0. The molecule has 0 aliphatic rings. The Hall–Kier alpha value is -1.98. The summed E-state index contributed by atoms with van der Waals surface area (Å²) < 4.78 is 36.9. The van der Waals surface area contributed by atoms with Crippen molar-refractivity contribution in [1.29, 1.82) is 0 Å². The summed E-state index contributed by atoms with van der Waals surface area (Å²) in [4.78, 5) is 0. The quantitative estimate of drug-likeness (QED) is 0.833. The molecule has 112 valence electrons. The van der Waals surface area contributed by atoms with Gasteiger partial charge in [-0.15, -0.1) is 0 Å². The van der Waals surface area contributed by atoms with E-state index in [1.165, 1.54) is 6.07 Å². The zero-order valence-corrected chi connectivity index (χ0v) is 11.7. The second kappa shape index (κ2) is 7.15. The Balaban J connectivity index is 2.25. The molecule has 0 bridgehead atoms. The minimum absolute atomic E-state index is 0.387. The Morgan fingerprint density at radius 3 is 2.52 bits per heavy atom. The monoisotopic (exact) mass is 293 g/mol. The van der Waals surface area contributed by atoms with Crippen LogP contribution in [0.25, 0.3) is 0 Å². The Morgan fingerprint density at radius 2 is 1.81 bits per heavy atom. The van der Waals surface area contributed by atoms with Crippen LogP contribution in [-0.4, -0.2) is 20.3 Å². The van der Waals surface area contributed by atoms with Gasteiger partial charge in [0.2, 0.25) is 0 Å². The third-order valence-corrected chi connectivity index (χ3v) is 3.10. The molecule has 5 heteroatoms. The topological polar surface area (TPSA) is 44.5 Å². The molecule has 0 saturated heterocycles. The molecule has 0 heterocycles. The van der Waals surface area contributed by atoms with Crippen LogP contribution in [0.2, 0.25) is 0 Å². The number of nitrogens with two attached hydrogens (primary N) is 1. The summed E-state index contributed by atoms with van der Waals surface area (Å²) in [7, 11) is 1.59. The van der Waals surface area contributed by atoms with Crippen molar-refractivity contribution >= 4 is 0 Å². The van der Waals surface area contributed by atoms with Crippen molar-refractivity contribution in [1.82, 2.24) is 0 Å². The number of rotatable bonds is 6. The van der Waals surface area contributed by atoms with Gasteiger partial charge in [0, 0.05) is 12.7 Å². The van der Waals surface area contributed by atoms with E-state index in [0.29, 0.717) is 30.1 Å².